The topological polar surface area (TPSA) is 70.2 Å². The second-order valence-corrected chi connectivity index (χ2v) is 8.50. The quantitative estimate of drug-likeness (QED) is 0.667. The van der Waals surface area contributed by atoms with Crippen molar-refractivity contribution in [2.45, 2.75) is 53.2 Å². The van der Waals surface area contributed by atoms with E-state index in [1.807, 2.05) is 46.8 Å². The third-order valence-electron chi connectivity index (χ3n) is 4.43. The fourth-order valence-electron chi connectivity index (χ4n) is 2.94. The largest absolute Gasteiger partial charge is 0.345 e. The van der Waals surface area contributed by atoms with Gasteiger partial charge in [0, 0.05) is 18.2 Å². The number of halogens is 1. The molecule has 0 aromatic heterocycles. The Morgan fingerprint density at radius 3 is 2.03 bits per heavy atom. The van der Waals surface area contributed by atoms with Gasteiger partial charge in [0.1, 0.15) is 5.82 Å². The van der Waals surface area contributed by atoms with E-state index in [1.165, 1.54) is 12.1 Å². The Balaban J connectivity index is 2.04. The van der Waals surface area contributed by atoms with Gasteiger partial charge < -0.3 is 16.0 Å². The molecule has 0 heterocycles. The van der Waals surface area contributed by atoms with Crippen molar-refractivity contribution in [3.8, 4) is 0 Å². The van der Waals surface area contributed by atoms with Gasteiger partial charge in [0.25, 0.3) is 5.91 Å². The van der Waals surface area contributed by atoms with Crippen molar-refractivity contribution in [3.05, 3.63) is 71.0 Å². The van der Waals surface area contributed by atoms with E-state index in [0.29, 0.717) is 12.1 Å². The smallest absolute Gasteiger partial charge is 0.315 e. The standard InChI is InChI=1S/C23H30FN3O2/c1-15(2)26-22(29)25-14-16-6-8-18(9-7-16)21(28)27-20(23(3,4)5)17-10-12-19(24)13-11-17/h6-13,15,20H,14H2,1-5H3,(H,27,28)(H2,25,26,29)/t20-/m0/s1. The van der Waals surface area contributed by atoms with E-state index < -0.39 is 0 Å². The molecule has 3 N–H and O–H groups in total. The molecule has 2 rings (SSSR count). The maximum Gasteiger partial charge on any atom is 0.315 e. The van der Waals surface area contributed by atoms with Crippen LogP contribution in [-0.2, 0) is 6.54 Å². The van der Waals surface area contributed by atoms with Crippen molar-refractivity contribution in [1.82, 2.24) is 16.0 Å². The molecule has 0 spiro atoms. The van der Waals surface area contributed by atoms with Gasteiger partial charge in [0.15, 0.2) is 0 Å². The predicted molar refractivity (Wildman–Crippen MR) is 113 cm³/mol. The fraction of sp³-hybridized carbons (Fsp3) is 0.391. The number of hydrogen-bond donors (Lipinski definition) is 3. The first kappa shape index (κ1) is 22.4. The minimum atomic E-state index is -0.306. The lowest BCUT2D eigenvalue weighted by Crippen LogP contribution is -2.39. The maximum atomic E-state index is 13.3. The Morgan fingerprint density at radius 2 is 1.52 bits per heavy atom. The third-order valence-corrected chi connectivity index (χ3v) is 4.43. The fourth-order valence-corrected chi connectivity index (χ4v) is 2.94. The van der Waals surface area contributed by atoms with E-state index >= 15 is 0 Å². The van der Waals surface area contributed by atoms with E-state index in [1.54, 1.807) is 24.3 Å². The number of benzene rings is 2. The second kappa shape index (κ2) is 9.54. The summed E-state index contributed by atoms with van der Waals surface area (Å²) in [6, 6.07) is 12.9. The van der Waals surface area contributed by atoms with Crippen LogP contribution in [0.3, 0.4) is 0 Å². The van der Waals surface area contributed by atoms with Crippen molar-refractivity contribution >= 4 is 11.9 Å². The van der Waals surface area contributed by atoms with Crippen molar-refractivity contribution in [1.29, 1.82) is 0 Å². The lowest BCUT2D eigenvalue weighted by atomic mass is 9.82. The molecule has 6 heteroatoms. The molecule has 0 radical (unpaired) electrons. The van der Waals surface area contributed by atoms with Crippen LogP contribution in [0.2, 0.25) is 0 Å². The molecule has 0 aliphatic heterocycles. The molecule has 5 nitrogen and oxygen atoms in total. The van der Waals surface area contributed by atoms with Crippen LogP contribution in [0.4, 0.5) is 9.18 Å². The van der Waals surface area contributed by atoms with Crippen LogP contribution in [0.15, 0.2) is 48.5 Å². The van der Waals surface area contributed by atoms with Gasteiger partial charge in [-0.2, -0.15) is 0 Å². The van der Waals surface area contributed by atoms with Gasteiger partial charge in [-0.05, 0) is 54.7 Å². The highest BCUT2D eigenvalue weighted by atomic mass is 19.1. The molecule has 0 unspecified atom stereocenters. The number of carbonyl (C=O) groups excluding carboxylic acids is 2. The summed E-state index contributed by atoms with van der Waals surface area (Å²) in [4.78, 5) is 24.4. The SMILES string of the molecule is CC(C)NC(=O)NCc1ccc(C(=O)N[C@@H](c2ccc(F)cc2)C(C)(C)C)cc1. The second-order valence-electron chi connectivity index (χ2n) is 8.50. The number of carbonyl (C=O) groups is 2. The minimum absolute atomic E-state index is 0.0675. The van der Waals surface area contributed by atoms with Crippen molar-refractivity contribution in [3.63, 3.8) is 0 Å². The highest BCUT2D eigenvalue weighted by Crippen LogP contribution is 2.33. The summed E-state index contributed by atoms with van der Waals surface area (Å²) in [5.74, 6) is -0.509. The predicted octanol–water partition coefficient (Wildman–Crippen LogP) is 4.55. The lowest BCUT2D eigenvalue weighted by molar-refractivity contribution is 0.0901. The molecule has 3 amide bonds. The molecule has 156 valence electrons. The molecule has 0 bridgehead atoms. The van der Waals surface area contributed by atoms with Crippen LogP contribution in [0, 0.1) is 11.2 Å². The molecule has 2 aromatic rings. The van der Waals surface area contributed by atoms with Gasteiger partial charge in [-0.3, -0.25) is 4.79 Å². The highest BCUT2D eigenvalue weighted by Gasteiger charge is 2.28. The molecule has 0 aliphatic rings. The van der Waals surface area contributed by atoms with Crippen LogP contribution in [-0.4, -0.2) is 18.0 Å². The van der Waals surface area contributed by atoms with Gasteiger partial charge in [-0.1, -0.05) is 45.0 Å². The molecular weight excluding hydrogens is 369 g/mol. The zero-order valence-corrected chi connectivity index (χ0v) is 17.7. The van der Waals surface area contributed by atoms with Gasteiger partial charge in [-0.25, -0.2) is 9.18 Å². The van der Waals surface area contributed by atoms with Crippen molar-refractivity contribution in [2.75, 3.05) is 0 Å². The Labute approximate surface area is 172 Å². The number of rotatable bonds is 6. The third kappa shape index (κ3) is 6.89. The molecule has 0 saturated carbocycles. The Kier molecular flexibility index (Phi) is 7.37. The molecule has 29 heavy (non-hydrogen) atoms. The van der Waals surface area contributed by atoms with Crippen LogP contribution in [0.5, 0.6) is 0 Å². The summed E-state index contributed by atoms with van der Waals surface area (Å²) >= 11 is 0. The Hall–Kier alpha value is -2.89. The first-order chi connectivity index (χ1) is 13.6. The first-order valence-corrected chi connectivity index (χ1v) is 9.76. The summed E-state index contributed by atoms with van der Waals surface area (Å²) in [6.45, 7) is 10.2. The molecular formula is C23H30FN3O2. The maximum absolute atomic E-state index is 13.3. The van der Waals surface area contributed by atoms with E-state index in [2.05, 4.69) is 16.0 Å². The van der Waals surface area contributed by atoms with Crippen LogP contribution < -0.4 is 16.0 Å². The number of hydrogen-bond acceptors (Lipinski definition) is 2. The molecule has 0 fully saturated rings. The number of amides is 3. The molecule has 0 aliphatic carbocycles. The monoisotopic (exact) mass is 399 g/mol. The van der Waals surface area contributed by atoms with Gasteiger partial charge >= 0.3 is 6.03 Å². The Morgan fingerprint density at radius 1 is 0.931 bits per heavy atom. The zero-order chi connectivity index (χ0) is 21.6. The van der Waals surface area contributed by atoms with Gasteiger partial charge in [-0.15, -0.1) is 0 Å². The van der Waals surface area contributed by atoms with E-state index in [4.69, 9.17) is 0 Å². The number of urea groups is 1. The van der Waals surface area contributed by atoms with Crippen LogP contribution in [0.25, 0.3) is 0 Å². The van der Waals surface area contributed by atoms with Crippen molar-refractivity contribution < 1.29 is 14.0 Å². The zero-order valence-electron chi connectivity index (χ0n) is 17.7. The first-order valence-electron chi connectivity index (χ1n) is 9.76. The summed E-state index contributed by atoms with van der Waals surface area (Å²) in [7, 11) is 0. The van der Waals surface area contributed by atoms with Gasteiger partial charge in [0.05, 0.1) is 6.04 Å². The Bertz CT molecular complexity index is 825. The van der Waals surface area contributed by atoms with Crippen LogP contribution >= 0.6 is 0 Å². The molecule has 1 atom stereocenters. The van der Waals surface area contributed by atoms with E-state index in [0.717, 1.165) is 11.1 Å². The lowest BCUT2D eigenvalue weighted by Gasteiger charge is -2.32. The summed E-state index contributed by atoms with van der Waals surface area (Å²) in [6.07, 6.45) is 0. The summed E-state index contributed by atoms with van der Waals surface area (Å²) in [5.41, 5.74) is 2.02. The van der Waals surface area contributed by atoms with E-state index in [-0.39, 0.29) is 35.3 Å². The summed E-state index contributed by atoms with van der Waals surface area (Å²) < 4.78 is 13.3. The minimum Gasteiger partial charge on any atom is -0.345 e. The number of nitrogens with one attached hydrogen (secondary N) is 3. The normalized spacial score (nSPS) is 12.4. The average Bonchev–Trinajstić information content (AvgIpc) is 2.64. The summed E-state index contributed by atoms with van der Waals surface area (Å²) in [5, 5.41) is 8.59. The molecule has 0 saturated heterocycles. The molecule has 2 aromatic carbocycles. The van der Waals surface area contributed by atoms with Gasteiger partial charge in [0.2, 0.25) is 0 Å². The van der Waals surface area contributed by atoms with Crippen molar-refractivity contribution in [2.24, 2.45) is 5.41 Å². The van der Waals surface area contributed by atoms with Crippen LogP contribution in [0.1, 0.15) is 62.1 Å². The van der Waals surface area contributed by atoms with E-state index in [9.17, 15) is 14.0 Å². The average molecular weight is 400 g/mol. The highest BCUT2D eigenvalue weighted by molar-refractivity contribution is 5.94.